The highest BCUT2D eigenvalue weighted by Crippen LogP contribution is 2.24. The van der Waals surface area contributed by atoms with E-state index in [2.05, 4.69) is 31.4 Å². The molecule has 0 saturated carbocycles. The van der Waals surface area contributed by atoms with Crippen molar-refractivity contribution in [3.63, 3.8) is 0 Å². The summed E-state index contributed by atoms with van der Waals surface area (Å²) in [5.74, 6) is 1.47. The highest BCUT2D eigenvalue weighted by atomic mass is 16.1. The molecule has 0 aromatic heterocycles. The standard InChI is InChI=1S/C13H26N2O/c1-4-11(3)15-13(16)9-10(2)12-5-7-14-8-6-12/h10-12,14H,4-9H2,1-3H3,(H,15,16). The maximum atomic E-state index is 11.7. The van der Waals surface area contributed by atoms with Crippen LogP contribution in [0.25, 0.3) is 0 Å². The van der Waals surface area contributed by atoms with Crippen LogP contribution in [0.1, 0.15) is 46.5 Å². The smallest absolute Gasteiger partial charge is 0.220 e. The lowest BCUT2D eigenvalue weighted by atomic mass is 9.84. The molecule has 2 atom stereocenters. The molecule has 3 nitrogen and oxygen atoms in total. The fourth-order valence-electron chi connectivity index (χ4n) is 2.31. The van der Waals surface area contributed by atoms with Gasteiger partial charge in [-0.2, -0.15) is 0 Å². The van der Waals surface area contributed by atoms with Gasteiger partial charge in [-0.15, -0.1) is 0 Å². The molecule has 1 aliphatic rings. The molecule has 0 aromatic rings. The third-order valence-corrected chi connectivity index (χ3v) is 3.72. The van der Waals surface area contributed by atoms with Gasteiger partial charge in [0.25, 0.3) is 0 Å². The van der Waals surface area contributed by atoms with E-state index in [1.54, 1.807) is 0 Å². The zero-order valence-electron chi connectivity index (χ0n) is 10.9. The van der Waals surface area contributed by atoms with Crippen LogP contribution in [0, 0.1) is 11.8 Å². The van der Waals surface area contributed by atoms with E-state index >= 15 is 0 Å². The summed E-state index contributed by atoms with van der Waals surface area (Å²) < 4.78 is 0. The van der Waals surface area contributed by atoms with Gasteiger partial charge >= 0.3 is 0 Å². The number of hydrogen-bond donors (Lipinski definition) is 2. The van der Waals surface area contributed by atoms with Gasteiger partial charge in [0, 0.05) is 12.5 Å². The molecule has 2 unspecified atom stereocenters. The average molecular weight is 226 g/mol. The molecule has 0 aliphatic carbocycles. The lowest BCUT2D eigenvalue weighted by Gasteiger charge is -2.28. The fraction of sp³-hybridized carbons (Fsp3) is 0.923. The molecule has 0 spiro atoms. The average Bonchev–Trinajstić information content (AvgIpc) is 2.29. The van der Waals surface area contributed by atoms with Crippen LogP contribution in [0.5, 0.6) is 0 Å². The van der Waals surface area contributed by atoms with Crippen molar-refractivity contribution in [3.8, 4) is 0 Å². The molecule has 94 valence electrons. The SMILES string of the molecule is CCC(C)NC(=O)CC(C)C1CCNCC1. The summed E-state index contributed by atoms with van der Waals surface area (Å²) in [5.41, 5.74) is 0. The first-order valence-corrected chi connectivity index (χ1v) is 6.63. The molecule has 1 saturated heterocycles. The van der Waals surface area contributed by atoms with Crippen molar-refractivity contribution in [3.05, 3.63) is 0 Å². The van der Waals surface area contributed by atoms with E-state index in [0.717, 1.165) is 25.4 Å². The van der Waals surface area contributed by atoms with Gasteiger partial charge in [0.1, 0.15) is 0 Å². The Morgan fingerprint density at radius 1 is 1.38 bits per heavy atom. The van der Waals surface area contributed by atoms with Gasteiger partial charge < -0.3 is 10.6 Å². The molecule has 1 aliphatic heterocycles. The van der Waals surface area contributed by atoms with Crippen LogP contribution in [-0.2, 0) is 4.79 Å². The highest BCUT2D eigenvalue weighted by molar-refractivity contribution is 5.76. The third kappa shape index (κ3) is 4.52. The summed E-state index contributed by atoms with van der Waals surface area (Å²) in [6.45, 7) is 8.60. The van der Waals surface area contributed by atoms with Crippen LogP contribution in [0.4, 0.5) is 0 Å². The number of hydrogen-bond acceptors (Lipinski definition) is 2. The van der Waals surface area contributed by atoms with Crippen molar-refractivity contribution in [1.29, 1.82) is 0 Å². The van der Waals surface area contributed by atoms with Crippen LogP contribution in [-0.4, -0.2) is 25.0 Å². The maximum Gasteiger partial charge on any atom is 0.220 e. The molecular weight excluding hydrogens is 200 g/mol. The Balaban J connectivity index is 2.26. The van der Waals surface area contributed by atoms with E-state index in [0.29, 0.717) is 18.4 Å². The Labute approximate surface area is 99.4 Å². The quantitative estimate of drug-likeness (QED) is 0.752. The van der Waals surface area contributed by atoms with Crippen LogP contribution in [0.3, 0.4) is 0 Å². The minimum absolute atomic E-state index is 0.223. The van der Waals surface area contributed by atoms with Crippen molar-refractivity contribution >= 4 is 5.91 Å². The first-order valence-electron chi connectivity index (χ1n) is 6.63. The molecular formula is C13H26N2O. The minimum atomic E-state index is 0.223. The number of carbonyl (C=O) groups is 1. The summed E-state index contributed by atoms with van der Waals surface area (Å²) in [5, 5.41) is 6.41. The van der Waals surface area contributed by atoms with Crippen molar-refractivity contribution < 1.29 is 4.79 Å². The molecule has 0 radical (unpaired) electrons. The molecule has 0 bridgehead atoms. The monoisotopic (exact) mass is 226 g/mol. The van der Waals surface area contributed by atoms with Crippen molar-refractivity contribution in [1.82, 2.24) is 10.6 Å². The Hall–Kier alpha value is -0.570. The summed E-state index contributed by atoms with van der Waals surface area (Å²) in [6, 6.07) is 0.313. The summed E-state index contributed by atoms with van der Waals surface area (Å²) >= 11 is 0. The number of piperidine rings is 1. The van der Waals surface area contributed by atoms with Crippen LogP contribution in [0.2, 0.25) is 0 Å². The largest absolute Gasteiger partial charge is 0.354 e. The minimum Gasteiger partial charge on any atom is -0.354 e. The van der Waals surface area contributed by atoms with Gasteiger partial charge in [0.15, 0.2) is 0 Å². The van der Waals surface area contributed by atoms with Crippen LogP contribution < -0.4 is 10.6 Å². The lowest BCUT2D eigenvalue weighted by Crippen LogP contribution is -2.36. The van der Waals surface area contributed by atoms with Crippen LogP contribution >= 0.6 is 0 Å². The summed E-state index contributed by atoms with van der Waals surface area (Å²) in [4.78, 5) is 11.7. The van der Waals surface area contributed by atoms with Crippen molar-refractivity contribution in [2.24, 2.45) is 11.8 Å². The van der Waals surface area contributed by atoms with Gasteiger partial charge in [-0.3, -0.25) is 4.79 Å². The van der Waals surface area contributed by atoms with Gasteiger partial charge in [-0.05, 0) is 51.1 Å². The second-order valence-electron chi connectivity index (χ2n) is 5.15. The zero-order valence-corrected chi connectivity index (χ0v) is 10.9. The second-order valence-corrected chi connectivity index (χ2v) is 5.15. The fourth-order valence-corrected chi connectivity index (χ4v) is 2.31. The Morgan fingerprint density at radius 2 is 2.00 bits per heavy atom. The number of amides is 1. The van der Waals surface area contributed by atoms with Gasteiger partial charge in [0.05, 0.1) is 0 Å². The third-order valence-electron chi connectivity index (χ3n) is 3.72. The molecule has 16 heavy (non-hydrogen) atoms. The van der Waals surface area contributed by atoms with E-state index in [4.69, 9.17) is 0 Å². The molecule has 0 aromatic carbocycles. The van der Waals surface area contributed by atoms with E-state index < -0.39 is 0 Å². The van der Waals surface area contributed by atoms with E-state index in [-0.39, 0.29) is 5.91 Å². The lowest BCUT2D eigenvalue weighted by molar-refractivity contribution is -0.123. The second kappa shape index (κ2) is 6.89. The number of rotatable bonds is 5. The van der Waals surface area contributed by atoms with E-state index in [1.165, 1.54) is 12.8 Å². The van der Waals surface area contributed by atoms with E-state index in [1.807, 2.05) is 0 Å². The summed E-state index contributed by atoms with van der Waals surface area (Å²) in [6.07, 6.45) is 4.14. The normalized spacial score (nSPS) is 21.4. The van der Waals surface area contributed by atoms with E-state index in [9.17, 15) is 4.79 Å². The molecule has 3 heteroatoms. The van der Waals surface area contributed by atoms with Gasteiger partial charge in [-0.1, -0.05) is 13.8 Å². The Bertz CT molecular complexity index is 212. The van der Waals surface area contributed by atoms with Crippen molar-refractivity contribution in [2.45, 2.75) is 52.5 Å². The number of carbonyl (C=O) groups excluding carboxylic acids is 1. The number of nitrogens with one attached hydrogen (secondary N) is 2. The first-order chi connectivity index (χ1) is 7.63. The Morgan fingerprint density at radius 3 is 2.56 bits per heavy atom. The Kier molecular flexibility index (Phi) is 5.81. The molecule has 1 rings (SSSR count). The highest BCUT2D eigenvalue weighted by Gasteiger charge is 2.22. The van der Waals surface area contributed by atoms with Crippen LogP contribution in [0.15, 0.2) is 0 Å². The predicted octanol–water partition coefficient (Wildman–Crippen LogP) is 1.93. The molecule has 1 fully saturated rings. The molecule has 1 heterocycles. The maximum absolute atomic E-state index is 11.7. The van der Waals surface area contributed by atoms with Gasteiger partial charge in [0.2, 0.25) is 5.91 Å². The van der Waals surface area contributed by atoms with Crippen molar-refractivity contribution in [2.75, 3.05) is 13.1 Å². The first kappa shape index (κ1) is 13.5. The topological polar surface area (TPSA) is 41.1 Å². The van der Waals surface area contributed by atoms with Gasteiger partial charge in [-0.25, -0.2) is 0 Å². The predicted molar refractivity (Wildman–Crippen MR) is 67.3 cm³/mol. The summed E-state index contributed by atoms with van der Waals surface area (Å²) in [7, 11) is 0. The molecule has 2 N–H and O–H groups in total. The molecule has 1 amide bonds. The zero-order chi connectivity index (χ0) is 12.0.